The van der Waals surface area contributed by atoms with Crippen LogP contribution < -0.4 is 5.32 Å². The molecule has 0 bridgehead atoms. The number of hydrogen-bond donors (Lipinski definition) is 1. The third-order valence-corrected chi connectivity index (χ3v) is 5.21. The smallest absolute Gasteiger partial charge is 0.251 e. The molecule has 1 saturated heterocycles. The Morgan fingerprint density at radius 1 is 1.25 bits per heavy atom. The Kier molecular flexibility index (Phi) is 5.09. The fraction of sp³-hybridized carbons (Fsp3) is 0.333. The minimum Gasteiger partial charge on any atom is -0.344 e. The van der Waals surface area contributed by atoms with Gasteiger partial charge in [0.1, 0.15) is 5.82 Å². The lowest BCUT2D eigenvalue weighted by Gasteiger charge is -2.18. The molecule has 146 valence electrons. The summed E-state index contributed by atoms with van der Waals surface area (Å²) < 4.78 is 26.9. The normalized spacial score (nSPS) is 17.5. The van der Waals surface area contributed by atoms with Crippen LogP contribution in [0.1, 0.15) is 6.42 Å². The molecule has 2 aromatic heterocycles. The van der Waals surface area contributed by atoms with Crippen LogP contribution in [-0.2, 0) is 7.05 Å². The summed E-state index contributed by atoms with van der Waals surface area (Å²) in [7, 11) is 1.90. The predicted octanol–water partition coefficient (Wildman–Crippen LogP) is 4.15. The van der Waals surface area contributed by atoms with Crippen LogP contribution in [0.25, 0.3) is 21.9 Å². The molecule has 5 nitrogen and oxygen atoms in total. The van der Waals surface area contributed by atoms with E-state index in [1.54, 1.807) is 9.58 Å². The SMILES string of the molecule is C=C(Nc1cc2cc(-c3cnn(C)c3)ccc2cn1)C1CCN(CC(F)F)C1. The van der Waals surface area contributed by atoms with E-state index in [-0.39, 0.29) is 12.5 Å². The summed E-state index contributed by atoms with van der Waals surface area (Å²) in [5.74, 6) is 0.867. The summed E-state index contributed by atoms with van der Waals surface area (Å²) >= 11 is 0. The lowest BCUT2D eigenvalue weighted by molar-refractivity contribution is 0.0985. The largest absolute Gasteiger partial charge is 0.344 e. The van der Waals surface area contributed by atoms with Gasteiger partial charge in [0, 0.05) is 48.6 Å². The zero-order valence-corrected chi connectivity index (χ0v) is 15.8. The molecular weight excluding hydrogens is 360 g/mol. The number of hydrogen-bond acceptors (Lipinski definition) is 4. The molecule has 0 aliphatic carbocycles. The monoisotopic (exact) mass is 383 g/mol. The highest BCUT2D eigenvalue weighted by atomic mass is 19.3. The van der Waals surface area contributed by atoms with Gasteiger partial charge >= 0.3 is 0 Å². The molecule has 1 N–H and O–H groups in total. The maximum atomic E-state index is 12.6. The highest BCUT2D eigenvalue weighted by molar-refractivity contribution is 5.88. The number of likely N-dealkylation sites (tertiary alicyclic amines) is 1. The van der Waals surface area contributed by atoms with E-state index in [1.807, 2.05) is 37.8 Å². The van der Waals surface area contributed by atoms with Crippen molar-refractivity contribution in [3.8, 4) is 11.1 Å². The van der Waals surface area contributed by atoms with Crippen molar-refractivity contribution < 1.29 is 8.78 Å². The fourth-order valence-corrected chi connectivity index (χ4v) is 3.70. The standard InChI is InChI=1S/C21H23F2N5/c1-14(17-5-6-28(12-17)13-20(22)23)26-21-8-18-7-15(3-4-16(18)9-24-21)19-10-25-27(2)11-19/h3-4,7-11,17,20H,1,5-6,12-13H2,2H3,(H,24,26). The van der Waals surface area contributed by atoms with Crippen molar-refractivity contribution in [2.75, 3.05) is 25.0 Å². The average Bonchev–Trinajstić information content (AvgIpc) is 3.30. The number of anilines is 1. The van der Waals surface area contributed by atoms with Gasteiger partial charge in [-0.1, -0.05) is 18.7 Å². The first-order valence-electron chi connectivity index (χ1n) is 9.33. The van der Waals surface area contributed by atoms with Crippen molar-refractivity contribution in [2.45, 2.75) is 12.8 Å². The molecule has 7 heteroatoms. The molecule has 1 aromatic carbocycles. The molecule has 4 rings (SSSR count). The molecular formula is C21H23F2N5. The van der Waals surface area contributed by atoms with Gasteiger partial charge in [-0.05, 0) is 36.0 Å². The average molecular weight is 383 g/mol. The van der Waals surface area contributed by atoms with Crippen molar-refractivity contribution in [3.05, 3.63) is 55.1 Å². The molecule has 1 fully saturated rings. The van der Waals surface area contributed by atoms with E-state index in [0.29, 0.717) is 18.9 Å². The Hall–Kier alpha value is -2.80. The number of halogens is 2. The van der Waals surface area contributed by atoms with Gasteiger partial charge in [-0.25, -0.2) is 13.8 Å². The van der Waals surface area contributed by atoms with Crippen molar-refractivity contribution >= 4 is 16.6 Å². The molecule has 28 heavy (non-hydrogen) atoms. The van der Waals surface area contributed by atoms with Gasteiger partial charge < -0.3 is 5.32 Å². The topological polar surface area (TPSA) is 46.0 Å². The van der Waals surface area contributed by atoms with Crippen LogP contribution in [0.4, 0.5) is 14.6 Å². The van der Waals surface area contributed by atoms with Gasteiger partial charge in [0.15, 0.2) is 0 Å². The number of fused-ring (bicyclic) bond motifs is 1. The van der Waals surface area contributed by atoms with Crippen LogP contribution >= 0.6 is 0 Å². The van der Waals surface area contributed by atoms with Gasteiger partial charge in [-0.3, -0.25) is 9.58 Å². The van der Waals surface area contributed by atoms with E-state index in [9.17, 15) is 8.78 Å². The van der Waals surface area contributed by atoms with Gasteiger partial charge in [0.2, 0.25) is 0 Å². The summed E-state index contributed by atoms with van der Waals surface area (Å²) in [5.41, 5.74) is 2.98. The molecule has 1 unspecified atom stereocenters. The molecule has 3 heterocycles. The second-order valence-corrected chi connectivity index (χ2v) is 7.32. The van der Waals surface area contributed by atoms with E-state index in [4.69, 9.17) is 0 Å². The lowest BCUT2D eigenvalue weighted by atomic mass is 10.0. The van der Waals surface area contributed by atoms with Crippen molar-refractivity contribution in [1.29, 1.82) is 0 Å². The minimum absolute atomic E-state index is 0.151. The van der Waals surface area contributed by atoms with Crippen molar-refractivity contribution in [2.24, 2.45) is 13.0 Å². The maximum absolute atomic E-state index is 12.6. The number of nitrogens with one attached hydrogen (secondary N) is 1. The van der Waals surface area contributed by atoms with E-state index >= 15 is 0 Å². The molecule has 1 aliphatic heterocycles. The Labute approximate surface area is 162 Å². The molecule has 0 saturated carbocycles. The maximum Gasteiger partial charge on any atom is 0.251 e. The molecule has 3 aromatic rings. The van der Waals surface area contributed by atoms with Crippen LogP contribution in [-0.4, -0.2) is 45.7 Å². The van der Waals surface area contributed by atoms with Crippen LogP contribution in [0, 0.1) is 5.92 Å². The number of nitrogens with zero attached hydrogens (tertiary/aromatic N) is 4. The molecule has 1 aliphatic rings. The molecule has 0 amide bonds. The number of rotatable bonds is 6. The van der Waals surface area contributed by atoms with Crippen molar-refractivity contribution in [3.63, 3.8) is 0 Å². The zero-order chi connectivity index (χ0) is 19.7. The van der Waals surface area contributed by atoms with Gasteiger partial charge in [0.25, 0.3) is 6.43 Å². The predicted molar refractivity (Wildman–Crippen MR) is 107 cm³/mol. The second kappa shape index (κ2) is 7.67. The highest BCUT2D eigenvalue weighted by Gasteiger charge is 2.26. The summed E-state index contributed by atoms with van der Waals surface area (Å²) in [6, 6.07) is 8.21. The van der Waals surface area contributed by atoms with Gasteiger partial charge in [0.05, 0.1) is 12.7 Å². The Morgan fingerprint density at radius 3 is 2.86 bits per heavy atom. The van der Waals surface area contributed by atoms with Gasteiger partial charge in [-0.2, -0.15) is 5.10 Å². The Bertz CT molecular complexity index is 997. The first kappa shape index (κ1) is 18.6. The van der Waals surface area contributed by atoms with Crippen LogP contribution in [0.2, 0.25) is 0 Å². The van der Waals surface area contributed by atoms with E-state index in [0.717, 1.165) is 34.0 Å². The van der Waals surface area contributed by atoms with E-state index in [1.165, 1.54) is 0 Å². The highest BCUT2D eigenvalue weighted by Crippen LogP contribution is 2.27. The Morgan fingerprint density at radius 2 is 2.11 bits per heavy atom. The number of aryl methyl sites for hydroxylation is 1. The van der Waals surface area contributed by atoms with E-state index < -0.39 is 6.43 Å². The van der Waals surface area contributed by atoms with E-state index in [2.05, 4.69) is 34.1 Å². The second-order valence-electron chi connectivity index (χ2n) is 7.32. The third kappa shape index (κ3) is 4.04. The van der Waals surface area contributed by atoms with Crippen molar-refractivity contribution in [1.82, 2.24) is 19.7 Å². The number of pyridine rings is 1. The quantitative estimate of drug-likeness (QED) is 0.695. The molecule has 0 radical (unpaired) electrons. The fourth-order valence-electron chi connectivity index (χ4n) is 3.70. The number of benzene rings is 1. The number of aromatic nitrogens is 3. The third-order valence-electron chi connectivity index (χ3n) is 5.21. The summed E-state index contributed by atoms with van der Waals surface area (Å²) in [5, 5.41) is 9.62. The Balaban J connectivity index is 1.49. The first-order chi connectivity index (χ1) is 13.5. The van der Waals surface area contributed by atoms with Crippen LogP contribution in [0.15, 0.2) is 55.1 Å². The summed E-state index contributed by atoms with van der Waals surface area (Å²) in [6.07, 6.45) is 4.19. The summed E-state index contributed by atoms with van der Waals surface area (Å²) in [6.45, 7) is 5.23. The van der Waals surface area contributed by atoms with Gasteiger partial charge in [-0.15, -0.1) is 0 Å². The molecule has 1 atom stereocenters. The zero-order valence-electron chi connectivity index (χ0n) is 15.8. The lowest BCUT2D eigenvalue weighted by Crippen LogP contribution is -2.27. The summed E-state index contributed by atoms with van der Waals surface area (Å²) in [4.78, 5) is 6.26. The number of alkyl halides is 2. The van der Waals surface area contributed by atoms with Crippen LogP contribution in [0.5, 0.6) is 0 Å². The molecule has 0 spiro atoms. The first-order valence-corrected chi connectivity index (χ1v) is 9.33. The minimum atomic E-state index is -2.30. The van der Waals surface area contributed by atoms with Crippen LogP contribution in [0.3, 0.4) is 0 Å².